The first-order valence-electron chi connectivity index (χ1n) is 6.20. The van der Waals surface area contributed by atoms with Gasteiger partial charge in [0.25, 0.3) is 0 Å². The van der Waals surface area contributed by atoms with Gasteiger partial charge < -0.3 is 9.47 Å². The Morgan fingerprint density at radius 1 is 1.59 bits per heavy atom. The molecule has 1 aliphatic heterocycles. The van der Waals surface area contributed by atoms with Crippen LogP contribution in [0.1, 0.15) is 11.3 Å². The first-order valence-corrected chi connectivity index (χ1v) is 7.08. The van der Waals surface area contributed by atoms with E-state index in [0.717, 1.165) is 39.5 Å². The van der Waals surface area contributed by atoms with Gasteiger partial charge in [0.1, 0.15) is 0 Å². The van der Waals surface area contributed by atoms with E-state index in [-0.39, 0.29) is 0 Å². The van der Waals surface area contributed by atoms with Crippen LogP contribution < -0.4 is 0 Å². The molecule has 4 heteroatoms. The number of ether oxygens (including phenoxy) is 2. The average molecular weight is 255 g/mol. The second-order valence-corrected chi connectivity index (χ2v) is 5.57. The number of hydrogen-bond acceptors (Lipinski definition) is 4. The number of rotatable bonds is 7. The zero-order chi connectivity index (χ0) is 11.9. The third-order valence-electron chi connectivity index (χ3n) is 3.11. The highest BCUT2D eigenvalue weighted by molar-refractivity contribution is 7.09. The van der Waals surface area contributed by atoms with E-state index in [9.17, 15) is 0 Å². The molecule has 0 saturated carbocycles. The quantitative estimate of drug-likeness (QED) is 0.746. The van der Waals surface area contributed by atoms with Crippen molar-refractivity contribution < 1.29 is 9.47 Å². The lowest BCUT2D eigenvalue weighted by Crippen LogP contribution is -2.32. The predicted molar refractivity (Wildman–Crippen MR) is 70.4 cm³/mol. The van der Waals surface area contributed by atoms with E-state index in [4.69, 9.17) is 9.47 Å². The van der Waals surface area contributed by atoms with Crippen LogP contribution in [0.4, 0.5) is 0 Å². The third-order valence-corrected chi connectivity index (χ3v) is 3.97. The van der Waals surface area contributed by atoms with E-state index in [0.29, 0.717) is 5.92 Å². The molecule has 0 spiro atoms. The molecule has 0 radical (unpaired) electrons. The first-order chi connectivity index (χ1) is 8.38. The van der Waals surface area contributed by atoms with E-state index in [2.05, 4.69) is 22.4 Å². The van der Waals surface area contributed by atoms with Crippen LogP contribution in [0.3, 0.4) is 0 Å². The lowest BCUT2D eigenvalue weighted by atomic mass is 10.1. The normalized spacial score (nSPS) is 20.2. The molecular formula is C13H21NO2S. The van der Waals surface area contributed by atoms with Gasteiger partial charge >= 0.3 is 0 Å². The molecule has 1 fully saturated rings. The minimum absolute atomic E-state index is 0.701. The lowest BCUT2D eigenvalue weighted by molar-refractivity contribution is 0.125. The highest BCUT2D eigenvalue weighted by Gasteiger charge is 2.19. The van der Waals surface area contributed by atoms with Gasteiger partial charge in [-0.25, -0.2) is 0 Å². The Labute approximate surface area is 107 Å². The first kappa shape index (κ1) is 13.0. The van der Waals surface area contributed by atoms with Crippen LogP contribution in [0.2, 0.25) is 0 Å². The van der Waals surface area contributed by atoms with Gasteiger partial charge in [0.05, 0.1) is 13.2 Å². The summed E-state index contributed by atoms with van der Waals surface area (Å²) in [6.07, 6.45) is 1.20. The largest absolute Gasteiger partial charge is 0.383 e. The fraction of sp³-hybridized carbons (Fsp3) is 0.692. The molecule has 3 nitrogen and oxygen atoms in total. The number of thiophene rings is 1. The zero-order valence-electron chi connectivity index (χ0n) is 10.4. The molecule has 0 aromatic carbocycles. The smallest absolute Gasteiger partial charge is 0.0589 e. The van der Waals surface area contributed by atoms with E-state index in [1.807, 2.05) is 11.3 Å². The van der Waals surface area contributed by atoms with Crippen molar-refractivity contribution in [1.29, 1.82) is 0 Å². The second kappa shape index (κ2) is 7.11. The van der Waals surface area contributed by atoms with Gasteiger partial charge in [0.15, 0.2) is 0 Å². The molecule has 1 aromatic heterocycles. The van der Waals surface area contributed by atoms with Gasteiger partial charge in [-0.15, -0.1) is 11.3 Å². The van der Waals surface area contributed by atoms with Gasteiger partial charge in [-0.2, -0.15) is 0 Å². The molecule has 2 heterocycles. The van der Waals surface area contributed by atoms with Crippen molar-refractivity contribution in [2.75, 3.05) is 40.0 Å². The fourth-order valence-corrected chi connectivity index (χ4v) is 2.92. The fourth-order valence-electron chi connectivity index (χ4n) is 2.17. The van der Waals surface area contributed by atoms with Gasteiger partial charge in [-0.3, -0.25) is 4.90 Å². The van der Waals surface area contributed by atoms with Crippen LogP contribution in [0.25, 0.3) is 0 Å². The van der Waals surface area contributed by atoms with Crippen LogP contribution in [0.15, 0.2) is 17.5 Å². The molecule has 0 amide bonds. The van der Waals surface area contributed by atoms with Crippen LogP contribution in [0, 0.1) is 5.92 Å². The molecular weight excluding hydrogens is 234 g/mol. The maximum Gasteiger partial charge on any atom is 0.0589 e. The summed E-state index contributed by atoms with van der Waals surface area (Å²) in [7, 11) is 1.77. The number of nitrogens with zero attached hydrogens (tertiary/aromatic N) is 1. The van der Waals surface area contributed by atoms with Gasteiger partial charge in [-0.1, -0.05) is 6.07 Å². The molecule has 0 aliphatic carbocycles. The molecule has 1 aliphatic rings. The Kier molecular flexibility index (Phi) is 5.45. The molecule has 1 atom stereocenters. The molecule has 2 rings (SSSR count). The summed E-state index contributed by atoms with van der Waals surface area (Å²) < 4.78 is 10.6. The lowest BCUT2D eigenvalue weighted by Gasteiger charge is -2.24. The minimum Gasteiger partial charge on any atom is -0.383 e. The Morgan fingerprint density at radius 3 is 3.18 bits per heavy atom. The maximum atomic E-state index is 5.44. The van der Waals surface area contributed by atoms with E-state index in [1.165, 1.54) is 11.3 Å². The van der Waals surface area contributed by atoms with E-state index >= 15 is 0 Å². The van der Waals surface area contributed by atoms with Gasteiger partial charge in [0.2, 0.25) is 0 Å². The highest BCUT2D eigenvalue weighted by Crippen LogP contribution is 2.17. The average Bonchev–Trinajstić information content (AvgIpc) is 2.99. The van der Waals surface area contributed by atoms with Crippen LogP contribution in [-0.2, 0) is 16.0 Å². The van der Waals surface area contributed by atoms with Crippen molar-refractivity contribution >= 4 is 11.3 Å². The minimum atomic E-state index is 0.701. The summed E-state index contributed by atoms with van der Waals surface area (Å²) in [5.41, 5.74) is 0. The maximum absolute atomic E-state index is 5.44. The van der Waals surface area contributed by atoms with Crippen molar-refractivity contribution in [2.24, 2.45) is 5.92 Å². The van der Waals surface area contributed by atoms with Crippen LogP contribution in [0.5, 0.6) is 0 Å². The molecule has 0 bridgehead atoms. The molecule has 0 unspecified atom stereocenters. The third kappa shape index (κ3) is 4.39. The van der Waals surface area contributed by atoms with Crippen molar-refractivity contribution in [3.63, 3.8) is 0 Å². The second-order valence-electron chi connectivity index (χ2n) is 4.54. The predicted octanol–water partition coefficient (Wildman–Crippen LogP) is 2.23. The molecule has 17 heavy (non-hydrogen) atoms. The van der Waals surface area contributed by atoms with Gasteiger partial charge in [-0.05, 0) is 23.8 Å². The topological polar surface area (TPSA) is 21.7 Å². The van der Waals surface area contributed by atoms with Crippen molar-refractivity contribution in [3.05, 3.63) is 22.4 Å². The zero-order valence-corrected chi connectivity index (χ0v) is 11.2. The van der Waals surface area contributed by atoms with Crippen molar-refractivity contribution in [3.8, 4) is 0 Å². The summed E-state index contributed by atoms with van der Waals surface area (Å²) in [4.78, 5) is 3.91. The Balaban J connectivity index is 1.83. The van der Waals surface area contributed by atoms with E-state index < -0.39 is 0 Å². The van der Waals surface area contributed by atoms with Crippen molar-refractivity contribution in [1.82, 2.24) is 4.90 Å². The highest BCUT2D eigenvalue weighted by atomic mass is 32.1. The summed E-state index contributed by atoms with van der Waals surface area (Å²) in [5, 5.41) is 2.14. The summed E-state index contributed by atoms with van der Waals surface area (Å²) in [6, 6.07) is 4.32. The summed E-state index contributed by atoms with van der Waals surface area (Å²) >= 11 is 1.83. The number of hydrogen-bond donors (Lipinski definition) is 0. The SMILES string of the molecule is COCCN(Cc1cccs1)C[C@H]1CCOC1. The Bertz CT molecular complexity index is 296. The van der Waals surface area contributed by atoms with Crippen LogP contribution in [-0.4, -0.2) is 44.9 Å². The Hall–Kier alpha value is -0.420. The molecule has 1 saturated heterocycles. The van der Waals surface area contributed by atoms with Crippen LogP contribution >= 0.6 is 11.3 Å². The summed E-state index contributed by atoms with van der Waals surface area (Å²) in [6.45, 7) is 5.83. The molecule has 0 N–H and O–H groups in total. The molecule has 1 aromatic rings. The monoisotopic (exact) mass is 255 g/mol. The standard InChI is InChI=1S/C13H21NO2S/c1-15-7-5-14(9-12-4-6-16-11-12)10-13-3-2-8-17-13/h2-3,8,12H,4-7,9-11H2,1H3/t12-/m1/s1. The van der Waals surface area contributed by atoms with Crippen molar-refractivity contribution in [2.45, 2.75) is 13.0 Å². The molecule has 96 valence electrons. The summed E-state index contributed by atoms with van der Waals surface area (Å²) in [5.74, 6) is 0.701. The number of methoxy groups -OCH3 is 1. The Morgan fingerprint density at radius 2 is 2.53 bits per heavy atom. The van der Waals surface area contributed by atoms with E-state index in [1.54, 1.807) is 7.11 Å². The van der Waals surface area contributed by atoms with Gasteiger partial charge in [0, 0.05) is 38.2 Å².